The number of rotatable bonds is 0. The van der Waals surface area contributed by atoms with Crippen molar-refractivity contribution in [2.45, 2.75) is 13.1 Å². The number of nitrogens with zero attached hydrogens (tertiary/aromatic N) is 1. The second kappa shape index (κ2) is 4.44. The minimum Gasteiger partial charge on any atom is -0.241 e. The van der Waals surface area contributed by atoms with Crippen molar-refractivity contribution < 1.29 is 13.2 Å². The van der Waals surface area contributed by atoms with Crippen molar-refractivity contribution in [1.82, 2.24) is 4.98 Å². The zero-order valence-corrected chi connectivity index (χ0v) is 11.1. The van der Waals surface area contributed by atoms with Gasteiger partial charge >= 0.3 is 6.18 Å². The fourth-order valence-electron chi connectivity index (χ4n) is 1.60. The predicted molar refractivity (Wildman–Crippen MR) is 66.5 cm³/mol. The lowest BCUT2D eigenvalue weighted by molar-refractivity contribution is -0.141. The van der Waals surface area contributed by atoms with Gasteiger partial charge in [-0.2, -0.15) is 13.2 Å². The van der Waals surface area contributed by atoms with Crippen molar-refractivity contribution in [1.29, 1.82) is 0 Å². The molecule has 1 heterocycles. The van der Waals surface area contributed by atoms with Crippen molar-refractivity contribution in [2.75, 3.05) is 0 Å². The van der Waals surface area contributed by atoms with Crippen LogP contribution in [0.15, 0.2) is 12.1 Å². The van der Waals surface area contributed by atoms with E-state index in [2.05, 4.69) is 4.98 Å². The van der Waals surface area contributed by atoms with E-state index in [-0.39, 0.29) is 26.1 Å². The molecule has 0 saturated heterocycles. The van der Waals surface area contributed by atoms with E-state index >= 15 is 0 Å². The first-order valence-corrected chi connectivity index (χ1v) is 5.88. The van der Waals surface area contributed by atoms with Gasteiger partial charge in [0.2, 0.25) is 0 Å². The summed E-state index contributed by atoms with van der Waals surface area (Å²) in [6.45, 7) is 1.26. The number of fused-ring (bicyclic) bond motifs is 1. The highest BCUT2D eigenvalue weighted by molar-refractivity contribution is 6.46. The van der Waals surface area contributed by atoms with E-state index < -0.39 is 11.9 Å². The lowest BCUT2D eigenvalue weighted by atomic mass is 10.1. The van der Waals surface area contributed by atoms with Crippen molar-refractivity contribution in [3.05, 3.63) is 38.5 Å². The molecule has 7 heteroatoms. The molecule has 1 aromatic carbocycles. The van der Waals surface area contributed by atoms with Crippen molar-refractivity contribution in [2.24, 2.45) is 0 Å². The Labute approximate surface area is 115 Å². The lowest BCUT2D eigenvalue weighted by Crippen LogP contribution is -2.11. The predicted octanol–water partition coefficient (Wildman–Crippen LogP) is 5.52. The molecule has 0 unspecified atom stereocenters. The van der Waals surface area contributed by atoms with E-state index in [1.807, 2.05) is 0 Å². The van der Waals surface area contributed by atoms with Gasteiger partial charge in [-0.05, 0) is 24.6 Å². The number of pyridine rings is 1. The zero-order chi connectivity index (χ0) is 13.7. The Morgan fingerprint density at radius 2 is 1.67 bits per heavy atom. The summed E-state index contributed by atoms with van der Waals surface area (Å²) in [6.07, 6.45) is -4.59. The first kappa shape index (κ1) is 13.7. The molecule has 2 aromatic rings. The molecule has 0 fully saturated rings. The van der Waals surface area contributed by atoms with Gasteiger partial charge < -0.3 is 0 Å². The van der Waals surface area contributed by atoms with Crippen LogP contribution in [-0.4, -0.2) is 4.98 Å². The van der Waals surface area contributed by atoms with Gasteiger partial charge in [-0.1, -0.05) is 34.8 Å². The fourth-order valence-corrected chi connectivity index (χ4v) is 2.21. The Bertz CT molecular complexity index is 638. The number of aromatic nitrogens is 1. The highest BCUT2D eigenvalue weighted by Crippen LogP contribution is 2.39. The third-order valence-electron chi connectivity index (χ3n) is 2.48. The van der Waals surface area contributed by atoms with Crippen LogP contribution in [0.2, 0.25) is 15.1 Å². The van der Waals surface area contributed by atoms with Gasteiger partial charge in [0.25, 0.3) is 0 Å². The molecule has 0 bridgehead atoms. The maximum absolute atomic E-state index is 12.8. The van der Waals surface area contributed by atoms with E-state index in [4.69, 9.17) is 34.8 Å². The summed E-state index contributed by atoms with van der Waals surface area (Å²) >= 11 is 17.5. The summed E-state index contributed by atoms with van der Waals surface area (Å²) < 4.78 is 38.4. The van der Waals surface area contributed by atoms with E-state index in [0.29, 0.717) is 5.39 Å². The van der Waals surface area contributed by atoms with Crippen LogP contribution in [0.3, 0.4) is 0 Å². The van der Waals surface area contributed by atoms with E-state index in [9.17, 15) is 13.2 Å². The Balaban J connectivity index is 2.94. The molecule has 96 valence electrons. The molecule has 2 rings (SSSR count). The third-order valence-corrected chi connectivity index (χ3v) is 3.76. The summed E-state index contributed by atoms with van der Waals surface area (Å²) in [4.78, 5) is 3.54. The van der Waals surface area contributed by atoms with Crippen LogP contribution in [0.5, 0.6) is 0 Å². The van der Waals surface area contributed by atoms with Gasteiger partial charge in [0, 0.05) is 5.39 Å². The van der Waals surface area contributed by atoms with Crippen LogP contribution >= 0.6 is 34.8 Å². The first-order chi connectivity index (χ1) is 8.23. The van der Waals surface area contributed by atoms with Crippen LogP contribution < -0.4 is 0 Å². The Morgan fingerprint density at radius 3 is 2.22 bits per heavy atom. The minimum atomic E-state index is -4.59. The topological polar surface area (TPSA) is 12.9 Å². The van der Waals surface area contributed by atoms with Gasteiger partial charge in [0.15, 0.2) is 0 Å². The highest BCUT2D eigenvalue weighted by Gasteiger charge is 2.36. The molecule has 0 spiro atoms. The van der Waals surface area contributed by atoms with E-state index in [1.54, 1.807) is 0 Å². The SMILES string of the molecule is Cc1c(C(F)(F)F)nc2c(Cl)c(Cl)ccc2c1Cl. The molecule has 1 nitrogen and oxygen atoms in total. The molecule has 0 saturated carbocycles. The summed E-state index contributed by atoms with van der Waals surface area (Å²) in [6, 6.07) is 2.96. The quantitative estimate of drug-likeness (QED) is 0.623. The molecule has 0 atom stereocenters. The van der Waals surface area contributed by atoms with Crippen LogP contribution in [0.1, 0.15) is 11.3 Å². The average molecular weight is 315 g/mol. The number of hydrogen-bond donors (Lipinski definition) is 0. The van der Waals surface area contributed by atoms with Crippen molar-refractivity contribution in [3.63, 3.8) is 0 Å². The molecule has 0 aliphatic carbocycles. The van der Waals surface area contributed by atoms with E-state index in [1.165, 1.54) is 19.1 Å². The number of benzene rings is 1. The Hall–Kier alpha value is -0.710. The third kappa shape index (κ3) is 2.13. The van der Waals surface area contributed by atoms with Gasteiger partial charge in [0.1, 0.15) is 5.69 Å². The molecule has 0 N–H and O–H groups in total. The molecule has 1 aromatic heterocycles. The smallest absolute Gasteiger partial charge is 0.241 e. The summed E-state index contributed by atoms with van der Waals surface area (Å²) in [5.74, 6) is 0. The lowest BCUT2D eigenvalue weighted by Gasteiger charge is -2.13. The molecule has 18 heavy (non-hydrogen) atoms. The van der Waals surface area contributed by atoms with Gasteiger partial charge in [-0.25, -0.2) is 4.98 Å². The monoisotopic (exact) mass is 313 g/mol. The molecule has 0 radical (unpaired) electrons. The van der Waals surface area contributed by atoms with Gasteiger partial charge in [0.05, 0.1) is 20.6 Å². The molecular formula is C11H5Cl3F3N. The zero-order valence-electron chi connectivity index (χ0n) is 8.87. The van der Waals surface area contributed by atoms with Gasteiger partial charge in [-0.3, -0.25) is 0 Å². The maximum Gasteiger partial charge on any atom is 0.433 e. The normalized spacial score (nSPS) is 12.2. The van der Waals surface area contributed by atoms with Crippen LogP contribution in [0, 0.1) is 6.92 Å². The largest absolute Gasteiger partial charge is 0.433 e. The molecule has 0 amide bonds. The van der Waals surface area contributed by atoms with Crippen LogP contribution in [0.4, 0.5) is 13.2 Å². The maximum atomic E-state index is 12.8. The van der Waals surface area contributed by atoms with Gasteiger partial charge in [-0.15, -0.1) is 0 Å². The number of alkyl halides is 3. The van der Waals surface area contributed by atoms with Crippen molar-refractivity contribution >= 4 is 45.7 Å². The van der Waals surface area contributed by atoms with Crippen LogP contribution in [-0.2, 0) is 6.18 Å². The summed E-state index contributed by atoms with van der Waals surface area (Å²) in [7, 11) is 0. The standard InChI is InChI=1S/C11H5Cl3F3N/c1-4-7(13)5-2-3-6(12)8(14)9(5)18-10(4)11(15,16)17/h2-3H,1H3. The second-order valence-corrected chi connectivity index (χ2v) is 4.82. The Morgan fingerprint density at radius 1 is 1.06 bits per heavy atom. The first-order valence-electron chi connectivity index (χ1n) is 4.74. The fraction of sp³-hybridized carbons (Fsp3) is 0.182. The number of halogens is 6. The highest BCUT2D eigenvalue weighted by atomic mass is 35.5. The molecule has 0 aliphatic rings. The second-order valence-electron chi connectivity index (χ2n) is 3.65. The molecular weight excluding hydrogens is 309 g/mol. The minimum absolute atomic E-state index is 0.0223. The Kier molecular flexibility index (Phi) is 3.38. The molecule has 0 aliphatic heterocycles. The van der Waals surface area contributed by atoms with E-state index in [0.717, 1.165) is 0 Å². The van der Waals surface area contributed by atoms with Crippen molar-refractivity contribution in [3.8, 4) is 0 Å². The summed E-state index contributed by atoms with van der Waals surface area (Å²) in [5.41, 5.74) is -1.23. The number of hydrogen-bond acceptors (Lipinski definition) is 1. The van der Waals surface area contributed by atoms with Crippen LogP contribution in [0.25, 0.3) is 10.9 Å². The summed E-state index contributed by atoms with van der Waals surface area (Å²) in [5, 5.41) is 0.411. The average Bonchev–Trinajstić information content (AvgIpc) is 2.26.